The van der Waals surface area contributed by atoms with Crippen molar-refractivity contribution >= 4 is 22.9 Å². The van der Waals surface area contributed by atoms with Gasteiger partial charge in [-0.3, -0.25) is 0 Å². The minimum Gasteiger partial charge on any atom is -0.481 e. The summed E-state index contributed by atoms with van der Waals surface area (Å²) in [4.78, 5) is 24.9. The number of methoxy groups -OCH3 is 2. The highest BCUT2D eigenvalue weighted by molar-refractivity contribution is 5.94. The van der Waals surface area contributed by atoms with Gasteiger partial charge in [0.25, 0.3) is 0 Å². The second-order valence-corrected chi connectivity index (χ2v) is 6.56. The molecule has 0 spiro atoms. The molecule has 1 aromatic carbocycles. The predicted molar refractivity (Wildman–Crippen MR) is 108 cm³/mol. The summed E-state index contributed by atoms with van der Waals surface area (Å²) < 4.78 is 10.1. The van der Waals surface area contributed by atoms with E-state index >= 15 is 0 Å². The Labute approximate surface area is 163 Å². The highest BCUT2D eigenvalue weighted by Gasteiger charge is 2.23. The maximum absolute atomic E-state index is 11.7. The number of ether oxygens (including phenoxy) is 2. The topological polar surface area (TPSA) is 67.8 Å². The van der Waals surface area contributed by atoms with Crippen LogP contribution in [0.25, 0.3) is 22.2 Å². The van der Waals surface area contributed by atoms with Gasteiger partial charge in [-0.15, -0.1) is 0 Å². The number of pyridine rings is 2. The van der Waals surface area contributed by atoms with E-state index in [0.29, 0.717) is 37.7 Å². The minimum atomic E-state index is -0.289. The summed E-state index contributed by atoms with van der Waals surface area (Å²) in [5.41, 5.74) is 2.83. The van der Waals surface area contributed by atoms with Crippen LogP contribution in [0.2, 0.25) is 0 Å². The van der Waals surface area contributed by atoms with Gasteiger partial charge in [0.2, 0.25) is 5.88 Å². The minimum absolute atomic E-state index is 0.289. The van der Waals surface area contributed by atoms with Crippen molar-refractivity contribution < 1.29 is 14.3 Å². The van der Waals surface area contributed by atoms with E-state index in [0.717, 1.165) is 22.3 Å². The van der Waals surface area contributed by atoms with E-state index in [-0.39, 0.29) is 6.09 Å². The third-order valence-electron chi connectivity index (χ3n) is 4.96. The Hall–Kier alpha value is -3.35. The van der Waals surface area contributed by atoms with Gasteiger partial charge in [-0.1, -0.05) is 30.3 Å². The molecule has 4 rings (SSSR count). The Morgan fingerprint density at radius 1 is 0.964 bits per heavy atom. The molecule has 0 unspecified atom stereocenters. The summed E-state index contributed by atoms with van der Waals surface area (Å²) in [5.74, 6) is 1.38. The number of fused-ring (bicyclic) bond motifs is 1. The first-order chi connectivity index (χ1) is 13.7. The first-order valence-corrected chi connectivity index (χ1v) is 9.18. The smallest absolute Gasteiger partial charge is 0.409 e. The number of carbonyl (C=O) groups excluding carboxylic acids is 1. The van der Waals surface area contributed by atoms with Crippen molar-refractivity contribution in [3.8, 4) is 17.0 Å². The average molecular weight is 378 g/mol. The van der Waals surface area contributed by atoms with Gasteiger partial charge in [0, 0.05) is 37.6 Å². The average Bonchev–Trinajstić information content (AvgIpc) is 2.78. The molecule has 1 aliphatic rings. The van der Waals surface area contributed by atoms with E-state index in [2.05, 4.69) is 28.1 Å². The quantitative estimate of drug-likeness (QED) is 0.697. The lowest BCUT2D eigenvalue weighted by molar-refractivity contribution is 0.121. The monoisotopic (exact) mass is 378 g/mol. The normalized spacial score (nSPS) is 14.2. The first-order valence-electron chi connectivity index (χ1n) is 9.18. The maximum atomic E-state index is 11.7. The lowest BCUT2D eigenvalue weighted by Gasteiger charge is -2.34. The second kappa shape index (κ2) is 7.72. The zero-order valence-electron chi connectivity index (χ0n) is 16.0. The highest BCUT2D eigenvalue weighted by Crippen LogP contribution is 2.32. The van der Waals surface area contributed by atoms with Gasteiger partial charge in [0.1, 0.15) is 5.82 Å². The summed E-state index contributed by atoms with van der Waals surface area (Å²) in [5, 5.41) is 0.976. The molecule has 0 N–H and O–H groups in total. The number of rotatable bonds is 3. The molecular formula is C21H22N4O3. The Bertz CT molecular complexity index is 986. The molecule has 1 amide bonds. The third kappa shape index (κ3) is 3.43. The zero-order valence-corrected chi connectivity index (χ0v) is 16.0. The van der Waals surface area contributed by atoms with Gasteiger partial charge in [0.05, 0.1) is 14.2 Å². The summed E-state index contributed by atoms with van der Waals surface area (Å²) in [6.45, 7) is 2.56. The second-order valence-electron chi connectivity index (χ2n) is 6.56. The third-order valence-corrected chi connectivity index (χ3v) is 4.96. The van der Waals surface area contributed by atoms with Crippen LogP contribution in [-0.4, -0.2) is 61.4 Å². The van der Waals surface area contributed by atoms with Crippen LogP contribution in [-0.2, 0) is 4.74 Å². The van der Waals surface area contributed by atoms with Gasteiger partial charge in [0.15, 0.2) is 5.65 Å². The number of amides is 1. The SMILES string of the molecule is COC(=O)N1CCN(c2cc(-c3ccccc3)c3ccc(OC)nc3n2)CC1. The Balaban J connectivity index is 1.74. The molecule has 0 aliphatic carbocycles. The number of aromatic nitrogens is 2. The number of anilines is 1. The molecule has 2 aromatic heterocycles. The lowest BCUT2D eigenvalue weighted by atomic mass is 10.0. The number of benzene rings is 1. The molecular weight excluding hydrogens is 356 g/mol. The van der Waals surface area contributed by atoms with E-state index in [1.165, 1.54) is 7.11 Å². The van der Waals surface area contributed by atoms with Crippen molar-refractivity contribution in [1.82, 2.24) is 14.9 Å². The standard InChI is InChI=1S/C21H22N4O3/c1-27-19-9-8-16-17(15-6-4-3-5-7-15)14-18(22-20(16)23-19)24-10-12-25(13-11-24)21(26)28-2/h3-9,14H,10-13H2,1-2H3. The molecule has 28 heavy (non-hydrogen) atoms. The van der Waals surface area contributed by atoms with E-state index in [9.17, 15) is 4.79 Å². The van der Waals surface area contributed by atoms with Crippen LogP contribution in [0.1, 0.15) is 0 Å². The number of nitrogens with zero attached hydrogens (tertiary/aromatic N) is 4. The fraction of sp³-hybridized carbons (Fsp3) is 0.286. The van der Waals surface area contributed by atoms with Crippen LogP contribution in [0.3, 0.4) is 0 Å². The summed E-state index contributed by atoms with van der Waals surface area (Å²) in [6, 6.07) is 16.2. The zero-order chi connectivity index (χ0) is 19.5. The molecule has 7 heteroatoms. The Kier molecular flexibility index (Phi) is 4.97. The van der Waals surface area contributed by atoms with Gasteiger partial charge >= 0.3 is 6.09 Å². The number of piperazine rings is 1. The summed E-state index contributed by atoms with van der Waals surface area (Å²) in [7, 11) is 3.01. The maximum Gasteiger partial charge on any atom is 0.409 e. The van der Waals surface area contributed by atoms with Crippen molar-refractivity contribution in [1.29, 1.82) is 0 Å². The molecule has 0 bridgehead atoms. The molecule has 1 aliphatic heterocycles. The Morgan fingerprint density at radius 2 is 1.71 bits per heavy atom. The van der Waals surface area contributed by atoms with E-state index in [4.69, 9.17) is 14.5 Å². The fourth-order valence-corrected chi connectivity index (χ4v) is 3.45. The molecule has 0 saturated carbocycles. The molecule has 1 fully saturated rings. The molecule has 144 valence electrons. The molecule has 7 nitrogen and oxygen atoms in total. The number of carbonyl (C=O) groups is 1. The summed E-state index contributed by atoms with van der Waals surface area (Å²) >= 11 is 0. The molecule has 3 aromatic rings. The van der Waals surface area contributed by atoms with Gasteiger partial charge in [-0.2, -0.15) is 4.98 Å². The van der Waals surface area contributed by atoms with Crippen molar-refractivity contribution in [3.05, 3.63) is 48.5 Å². The van der Waals surface area contributed by atoms with Crippen molar-refractivity contribution in [2.45, 2.75) is 0 Å². The van der Waals surface area contributed by atoms with E-state index < -0.39 is 0 Å². The van der Waals surface area contributed by atoms with Crippen molar-refractivity contribution in [2.75, 3.05) is 45.3 Å². The lowest BCUT2D eigenvalue weighted by Crippen LogP contribution is -2.49. The summed E-state index contributed by atoms with van der Waals surface area (Å²) in [6.07, 6.45) is -0.289. The van der Waals surface area contributed by atoms with E-state index in [1.54, 1.807) is 12.0 Å². The van der Waals surface area contributed by atoms with Crippen LogP contribution in [0.5, 0.6) is 5.88 Å². The fourth-order valence-electron chi connectivity index (χ4n) is 3.45. The molecule has 3 heterocycles. The molecule has 1 saturated heterocycles. The largest absolute Gasteiger partial charge is 0.481 e. The highest BCUT2D eigenvalue weighted by atomic mass is 16.5. The molecule has 0 atom stereocenters. The van der Waals surface area contributed by atoms with Crippen molar-refractivity contribution in [2.24, 2.45) is 0 Å². The van der Waals surface area contributed by atoms with E-state index in [1.807, 2.05) is 30.3 Å². The first kappa shape index (κ1) is 18.0. The predicted octanol–water partition coefficient (Wildman–Crippen LogP) is 3.19. The van der Waals surface area contributed by atoms with Crippen molar-refractivity contribution in [3.63, 3.8) is 0 Å². The number of hydrogen-bond donors (Lipinski definition) is 0. The molecule has 0 radical (unpaired) electrons. The van der Waals surface area contributed by atoms with Gasteiger partial charge in [-0.05, 0) is 23.3 Å². The Morgan fingerprint density at radius 3 is 2.39 bits per heavy atom. The van der Waals surface area contributed by atoms with Crippen LogP contribution in [0.4, 0.5) is 10.6 Å². The number of hydrogen-bond acceptors (Lipinski definition) is 6. The van der Waals surface area contributed by atoms with Crippen LogP contribution in [0.15, 0.2) is 48.5 Å². The van der Waals surface area contributed by atoms with Crippen LogP contribution in [0, 0.1) is 0 Å². The van der Waals surface area contributed by atoms with Crippen LogP contribution >= 0.6 is 0 Å². The van der Waals surface area contributed by atoms with Gasteiger partial charge < -0.3 is 19.3 Å². The van der Waals surface area contributed by atoms with Gasteiger partial charge in [-0.25, -0.2) is 9.78 Å². The van der Waals surface area contributed by atoms with Crippen LogP contribution < -0.4 is 9.64 Å².